The number of fused-ring (bicyclic) bond motifs is 6. The first-order chi connectivity index (χ1) is 22.8. The molecular formula is C42H28N2OS. The highest BCUT2D eigenvalue weighted by atomic mass is 32.1. The number of anilines is 5. The van der Waals surface area contributed by atoms with Crippen molar-refractivity contribution < 1.29 is 4.42 Å². The number of nitrogens with zero attached hydrogens (tertiary/aromatic N) is 1. The maximum absolute atomic E-state index is 6.03. The van der Waals surface area contributed by atoms with Crippen molar-refractivity contribution in [1.82, 2.24) is 0 Å². The van der Waals surface area contributed by atoms with Gasteiger partial charge in [-0.3, -0.25) is 0 Å². The Hall–Kier alpha value is -5.84. The molecule has 0 spiro atoms. The zero-order chi connectivity index (χ0) is 30.5. The lowest BCUT2D eigenvalue weighted by Crippen LogP contribution is -2.09. The highest BCUT2D eigenvalue weighted by molar-refractivity contribution is 7.25. The van der Waals surface area contributed by atoms with E-state index in [-0.39, 0.29) is 0 Å². The van der Waals surface area contributed by atoms with E-state index in [0.717, 1.165) is 50.4 Å². The summed E-state index contributed by atoms with van der Waals surface area (Å²) in [7, 11) is 0. The third-order valence-corrected chi connectivity index (χ3v) is 9.76. The van der Waals surface area contributed by atoms with Crippen molar-refractivity contribution in [2.24, 2.45) is 0 Å². The molecule has 0 radical (unpaired) electrons. The molecular weight excluding hydrogens is 581 g/mol. The minimum atomic E-state index is 0.902. The topological polar surface area (TPSA) is 28.4 Å². The van der Waals surface area contributed by atoms with Crippen molar-refractivity contribution in [3.05, 3.63) is 164 Å². The van der Waals surface area contributed by atoms with Crippen LogP contribution in [0.15, 0.2) is 168 Å². The molecule has 0 atom stereocenters. The number of benzene rings is 7. The first kappa shape index (κ1) is 26.6. The summed E-state index contributed by atoms with van der Waals surface area (Å²) in [5.74, 6) is 0. The van der Waals surface area contributed by atoms with Crippen LogP contribution in [0.1, 0.15) is 0 Å². The van der Waals surface area contributed by atoms with Gasteiger partial charge in [0.2, 0.25) is 0 Å². The Morgan fingerprint density at radius 2 is 1.07 bits per heavy atom. The van der Waals surface area contributed by atoms with E-state index in [4.69, 9.17) is 4.42 Å². The number of para-hydroxylation sites is 2. The quantitative estimate of drug-likeness (QED) is 0.204. The van der Waals surface area contributed by atoms with Crippen molar-refractivity contribution in [1.29, 1.82) is 0 Å². The molecule has 0 aliphatic heterocycles. The Kier molecular flexibility index (Phi) is 6.32. The van der Waals surface area contributed by atoms with Gasteiger partial charge in [0.05, 0.1) is 0 Å². The fourth-order valence-electron chi connectivity index (χ4n) is 6.41. The van der Waals surface area contributed by atoms with Gasteiger partial charge in [0.1, 0.15) is 11.2 Å². The van der Waals surface area contributed by atoms with Gasteiger partial charge in [-0.05, 0) is 90.0 Å². The summed E-state index contributed by atoms with van der Waals surface area (Å²) < 4.78 is 8.55. The highest BCUT2D eigenvalue weighted by Gasteiger charge is 2.15. The monoisotopic (exact) mass is 608 g/mol. The van der Waals surface area contributed by atoms with E-state index in [9.17, 15) is 0 Å². The molecule has 2 heterocycles. The first-order valence-electron chi connectivity index (χ1n) is 15.4. The number of thiophene rings is 1. The van der Waals surface area contributed by atoms with Crippen LogP contribution < -0.4 is 10.2 Å². The molecule has 1 N–H and O–H groups in total. The number of rotatable bonds is 6. The zero-order valence-corrected chi connectivity index (χ0v) is 25.7. The van der Waals surface area contributed by atoms with Gasteiger partial charge in [-0.1, -0.05) is 84.9 Å². The minimum absolute atomic E-state index is 0.902. The van der Waals surface area contributed by atoms with Crippen molar-refractivity contribution in [3.63, 3.8) is 0 Å². The SMILES string of the molecule is c1ccc(-c2ccc(N(c3ccccc3)c3ccc4sc5cc(Nc6ccc7oc8ccccc8c7c6)ccc5c4c3)cc2)cc1. The van der Waals surface area contributed by atoms with Crippen LogP contribution in [0.5, 0.6) is 0 Å². The summed E-state index contributed by atoms with van der Waals surface area (Å²) in [6, 6.07) is 58.0. The molecule has 7 aromatic carbocycles. The predicted octanol–water partition coefficient (Wildman–Crippen LogP) is 12.8. The fraction of sp³-hybridized carbons (Fsp3) is 0. The number of nitrogens with one attached hydrogen (secondary N) is 1. The Morgan fingerprint density at radius 3 is 1.91 bits per heavy atom. The summed E-state index contributed by atoms with van der Waals surface area (Å²) >= 11 is 1.83. The Bertz CT molecular complexity index is 2500. The third kappa shape index (κ3) is 4.68. The van der Waals surface area contributed by atoms with Crippen LogP contribution in [0.4, 0.5) is 28.4 Å². The lowest BCUT2D eigenvalue weighted by molar-refractivity contribution is 0.669. The zero-order valence-electron chi connectivity index (χ0n) is 24.9. The summed E-state index contributed by atoms with van der Waals surface area (Å²) in [6.07, 6.45) is 0. The minimum Gasteiger partial charge on any atom is -0.456 e. The van der Waals surface area contributed by atoms with Crippen molar-refractivity contribution >= 4 is 81.9 Å². The second-order valence-corrected chi connectivity index (χ2v) is 12.6. The van der Waals surface area contributed by atoms with E-state index in [1.165, 1.54) is 31.3 Å². The van der Waals surface area contributed by atoms with Crippen molar-refractivity contribution in [2.45, 2.75) is 0 Å². The molecule has 0 saturated heterocycles. The molecule has 3 nitrogen and oxygen atoms in total. The van der Waals surface area contributed by atoms with Gasteiger partial charge in [0.25, 0.3) is 0 Å². The Labute approximate surface area is 270 Å². The van der Waals surface area contributed by atoms with Gasteiger partial charge in [0.15, 0.2) is 0 Å². The second kappa shape index (κ2) is 11.0. The van der Waals surface area contributed by atoms with E-state index < -0.39 is 0 Å². The average Bonchev–Trinajstić information content (AvgIpc) is 3.67. The highest BCUT2D eigenvalue weighted by Crippen LogP contribution is 2.42. The normalized spacial score (nSPS) is 11.5. The van der Waals surface area contributed by atoms with Crippen LogP contribution in [-0.2, 0) is 0 Å². The molecule has 2 aromatic heterocycles. The lowest BCUT2D eigenvalue weighted by Gasteiger charge is -2.25. The van der Waals surface area contributed by atoms with Crippen LogP contribution in [0, 0.1) is 0 Å². The van der Waals surface area contributed by atoms with Crippen LogP contribution in [-0.4, -0.2) is 0 Å². The second-order valence-electron chi connectivity index (χ2n) is 11.5. The number of hydrogen-bond acceptors (Lipinski definition) is 4. The molecule has 9 aromatic rings. The van der Waals surface area contributed by atoms with E-state index in [1.807, 2.05) is 29.5 Å². The third-order valence-electron chi connectivity index (χ3n) is 8.63. The lowest BCUT2D eigenvalue weighted by atomic mass is 10.0. The molecule has 46 heavy (non-hydrogen) atoms. The maximum Gasteiger partial charge on any atom is 0.135 e. The summed E-state index contributed by atoms with van der Waals surface area (Å²) in [6.45, 7) is 0. The summed E-state index contributed by atoms with van der Waals surface area (Å²) in [5.41, 5.74) is 9.73. The smallest absolute Gasteiger partial charge is 0.135 e. The van der Waals surface area contributed by atoms with Crippen LogP contribution in [0.25, 0.3) is 53.2 Å². The predicted molar refractivity (Wildman–Crippen MR) is 196 cm³/mol. The number of furan rings is 1. The van der Waals surface area contributed by atoms with Crippen LogP contribution >= 0.6 is 11.3 Å². The van der Waals surface area contributed by atoms with E-state index in [0.29, 0.717) is 0 Å². The molecule has 0 saturated carbocycles. The molecule has 0 amide bonds. The van der Waals surface area contributed by atoms with E-state index >= 15 is 0 Å². The molecule has 9 rings (SSSR count). The van der Waals surface area contributed by atoms with Gasteiger partial charge in [-0.2, -0.15) is 0 Å². The van der Waals surface area contributed by atoms with Gasteiger partial charge in [-0.15, -0.1) is 11.3 Å². The van der Waals surface area contributed by atoms with Crippen molar-refractivity contribution in [2.75, 3.05) is 10.2 Å². The van der Waals surface area contributed by atoms with Gasteiger partial charge in [0, 0.05) is 59.4 Å². The van der Waals surface area contributed by atoms with Gasteiger partial charge >= 0.3 is 0 Å². The molecule has 0 aliphatic carbocycles. The molecule has 0 fully saturated rings. The van der Waals surface area contributed by atoms with Gasteiger partial charge in [-0.25, -0.2) is 0 Å². The number of hydrogen-bond donors (Lipinski definition) is 1. The molecule has 4 heteroatoms. The molecule has 218 valence electrons. The maximum atomic E-state index is 6.03. The summed E-state index contributed by atoms with van der Waals surface area (Å²) in [5, 5.41) is 8.41. The van der Waals surface area contributed by atoms with E-state index in [2.05, 4.69) is 156 Å². The van der Waals surface area contributed by atoms with E-state index in [1.54, 1.807) is 0 Å². The Morgan fingerprint density at radius 1 is 0.413 bits per heavy atom. The van der Waals surface area contributed by atoms with Crippen LogP contribution in [0.2, 0.25) is 0 Å². The van der Waals surface area contributed by atoms with Gasteiger partial charge < -0.3 is 14.6 Å². The van der Waals surface area contributed by atoms with Crippen LogP contribution in [0.3, 0.4) is 0 Å². The largest absolute Gasteiger partial charge is 0.456 e. The summed E-state index contributed by atoms with van der Waals surface area (Å²) in [4.78, 5) is 2.34. The fourth-order valence-corrected chi connectivity index (χ4v) is 7.54. The molecule has 0 unspecified atom stereocenters. The first-order valence-corrected chi connectivity index (χ1v) is 16.2. The standard InChI is InChI=1S/C42H28N2OS/c1-3-9-28(10-4-1)29-15-19-33(20-16-29)44(32-11-5-2-6-12-32)34-21-24-41-38(27-34)36-22-17-31(26-42(36)46-41)43-30-18-23-40-37(25-30)35-13-7-8-14-39(35)45-40/h1-27,43H. The Balaban J connectivity index is 1.07. The van der Waals surface area contributed by atoms with Crippen molar-refractivity contribution in [3.8, 4) is 11.1 Å². The average molecular weight is 609 g/mol. The molecule has 0 aliphatic rings. The molecule has 0 bridgehead atoms.